The van der Waals surface area contributed by atoms with E-state index in [0.29, 0.717) is 38.2 Å². The highest BCUT2D eigenvalue weighted by Gasteiger charge is 2.28. The quantitative estimate of drug-likeness (QED) is 0.865. The maximum atomic E-state index is 12.5. The standard InChI is InChI=1S/C18H23N5O2/c1-21-13-20-12-15(21)11-16(19)18(25)23-9-7-22(8-10-23)17(24)14-5-3-2-4-6-14/h2-6,12-13,16H,7-11,19H2,1H3. The largest absolute Gasteiger partial charge is 0.338 e. The second-order valence-electron chi connectivity index (χ2n) is 6.29. The molecule has 0 spiro atoms. The molecule has 2 amide bonds. The molecule has 1 aliphatic heterocycles. The van der Waals surface area contributed by atoms with Gasteiger partial charge in [0.25, 0.3) is 5.91 Å². The smallest absolute Gasteiger partial charge is 0.253 e. The zero-order valence-corrected chi connectivity index (χ0v) is 14.3. The van der Waals surface area contributed by atoms with Gasteiger partial charge in [0.15, 0.2) is 0 Å². The van der Waals surface area contributed by atoms with E-state index < -0.39 is 6.04 Å². The van der Waals surface area contributed by atoms with Crippen molar-refractivity contribution >= 4 is 11.8 Å². The van der Waals surface area contributed by atoms with Crippen LogP contribution >= 0.6 is 0 Å². The Kier molecular flexibility index (Phi) is 5.14. The predicted molar refractivity (Wildman–Crippen MR) is 93.8 cm³/mol. The van der Waals surface area contributed by atoms with Crippen LogP contribution in [0.1, 0.15) is 16.1 Å². The zero-order chi connectivity index (χ0) is 17.8. The maximum absolute atomic E-state index is 12.5. The third-order valence-corrected chi connectivity index (χ3v) is 4.56. The van der Waals surface area contributed by atoms with Crippen molar-refractivity contribution in [3.63, 3.8) is 0 Å². The fourth-order valence-corrected chi connectivity index (χ4v) is 3.02. The van der Waals surface area contributed by atoms with Crippen molar-refractivity contribution < 1.29 is 9.59 Å². The highest BCUT2D eigenvalue weighted by atomic mass is 16.2. The fourth-order valence-electron chi connectivity index (χ4n) is 3.02. The van der Waals surface area contributed by atoms with Crippen molar-refractivity contribution in [2.75, 3.05) is 26.2 Å². The third kappa shape index (κ3) is 3.88. The summed E-state index contributed by atoms with van der Waals surface area (Å²) in [5.41, 5.74) is 7.69. The molecular formula is C18H23N5O2. The monoisotopic (exact) mass is 341 g/mol. The number of aryl methyl sites for hydroxylation is 1. The number of imidazole rings is 1. The van der Waals surface area contributed by atoms with E-state index in [1.165, 1.54) is 0 Å². The summed E-state index contributed by atoms with van der Waals surface area (Å²) in [4.78, 5) is 32.6. The summed E-state index contributed by atoms with van der Waals surface area (Å²) in [6.07, 6.45) is 3.88. The van der Waals surface area contributed by atoms with E-state index in [-0.39, 0.29) is 11.8 Å². The lowest BCUT2D eigenvalue weighted by Crippen LogP contribution is -2.54. The second kappa shape index (κ2) is 7.48. The molecule has 0 radical (unpaired) electrons. The van der Waals surface area contributed by atoms with Crippen molar-refractivity contribution in [3.05, 3.63) is 54.1 Å². The molecule has 1 aliphatic rings. The number of benzene rings is 1. The highest BCUT2D eigenvalue weighted by Crippen LogP contribution is 2.10. The minimum atomic E-state index is -0.591. The molecule has 2 heterocycles. The molecule has 2 N–H and O–H groups in total. The van der Waals surface area contributed by atoms with Crippen molar-refractivity contribution in [3.8, 4) is 0 Å². The Morgan fingerprint density at radius 3 is 2.36 bits per heavy atom. The number of carbonyl (C=O) groups excluding carboxylic acids is 2. The Bertz CT molecular complexity index is 735. The predicted octanol–water partition coefficient (Wildman–Crippen LogP) is 0.275. The van der Waals surface area contributed by atoms with E-state index in [0.717, 1.165) is 5.69 Å². The summed E-state index contributed by atoms with van der Waals surface area (Å²) in [7, 11) is 1.88. The van der Waals surface area contributed by atoms with Gasteiger partial charge < -0.3 is 20.1 Å². The van der Waals surface area contributed by atoms with Crippen molar-refractivity contribution in [1.82, 2.24) is 19.4 Å². The lowest BCUT2D eigenvalue weighted by atomic mass is 10.1. The van der Waals surface area contributed by atoms with E-state index in [9.17, 15) is 9.59 Å². The number of carbonyl (C=O) groups is 2. The van der Waals surface area contributed by atoms with E-state index >= 15 is 0 Å². The van der Waals surface area contributed by atoms with Gasteiger partial charge in [0.05, 0.1) is 12.4 Å². The van der Waals surface area contributed by atoms with Crippen LogP contribution in [0, 0.1) is 0 Å². The zero-order valence-electron chi connectivity index (χ0n) is 14.3. The molecule has 1 fully saturated rings. The van der Waals surface area contributed by atoms with Gasteiger partial charge in [-0.05, 0) is 12.1 Å². The van der Waals surface area contributed by atoms with Gasteiger partial charge in [0.2, 0.25) is 5.91 Å². The molecule has 3 rings (SSSR count). The molecule has 1 unspecified atom stereocenters. The Morgan fingerprint density at radius 1 is 1.12 bits per heavy atom. The molecule has 1 saturated heterocycles. The number of aromatic nitrogens is 2. The summed E-state index contributed by atoms with van der Waals surface area (Å²) in [6.45, 7) is 2.07. The lowest BCUT2D eigenvalue weighted by molar-refractivity contribution is -0.134. The summed E-state index contributed by atoms with van der Waals surface area (Å²) >= 11 is 0. The molecule has 0 bridgehead atoms. The van der Waals surface area contributed by atoms with Gasteiger partial charge in [0.1, 0.15) is 0 Å². The minimum absolute atomic E-state index is 0.00637. The number of nitrogens with zero attached hydrogens (tertiary/aromatic N) is 4. The first kappa shape index (κ1) is 17.2. The Balaban J connectivity index is 1.54. The number of hydrogen-bond donors (Lipinski definition) is 1. The van der Waals surface area contributed by atoms with Gasteiger partial charge in [-0.15, -0.1) is 0 Å². The number of nitrogens with two attached hydrogens (primary N) is 1. The number of hydrogen-bond acceptors (Lipinski definition) is 4. The molecular weight excluding hydrogens is 318 g/mol. The molecule has 0 aliphatic carbocycles. The van der Waals surface area contributed by atoms with E-state index in [1.54, 1.807) is 22.3 Å². The molecule has 1 aromatic heterocycles. The average molecular weight is 341 g/mol. The van der Waals surface area contributed by atoms with Crippen LogP contribution in [0.15, 0.2) is 42.9 Å². The first-order valence-electron chi connectivity index (χ1n) is 8.40. The van der Waals surface area contributed by atoms with Crippen LogP contribution in [0.25, 0.3) is 0 Å². The first-order valence-corrected chi connectivity index (χ1v) is 8.40. The summed E-state index contributed by atoms with van der Waals surface area (Å²) in [6, 6.07) is 8.62. The highest BCUT2D eigenvalue weighted by molar-refractivity contribution is 5.94. The molecule has 132 valence electrons. The Morgan fingerprint density at radius 2 is 1.76 bits per heavy atom. The van der Waals surface area contributed by atoms with Crippen molar-refractivity contribution in [2.45, 2.75) is 12.5 Å². The van der Waals surface area contributed by atoms with Gasteiger partial charge in [0, 0.05) is 57.1 Å². The van der Waals surface area contributed by atoms with Crippen molar-refractivity contribution in [1.29, 1.82) is 0 Å². The summed E-state index contributed by atoms with van der Waals surface area (Å²) in [5.74, 6) is -0.0695. The number of amides is 2. The summed E-state index contributed by atoms with van der Waals surface area (Å²) < 4.78 is 1.86. The molecule has 0 saturated carbocycles. The fraction of sp³-hybridized carbons (Fsp3) is 0.389. The van der Waals surface area contributed by atoms with Crippen LogP contribution in [0.3, 0.4) is 0 Å². The topological polar surface area (TPSA) is 84.5 Å². The van der Waals surface area contributed by atoms with Gasteiger partial charge in [-0.3, -0.25) is 9.59 Å². The van der Waals surface area contributed by atoms with Crippen LogP contribution in [-0.4, -0.2) is 63.4 Å². The van der Waals surface area contributed by atoms with Crippen LogP contribution in [-0.2, 0) is 18.3 Å². The van der Waals surface area contributed by atoms with Gasteiger partial charge in [-0.25, -0.2) is 4.98 Å². The normalized spacial score (nSPS) is 15.9. The van der Waals surface area contributed by atoms with Crippen LogP contribution in [0.4, 0.5) is 0 Å². The SMILES string of the molecule is Cn1cncc1CC(N)C(=O)N1CCN(C(=O)c2ccccc2)CC1. The number of piperazine rings is 1. The lowest BCUT2D eigenvalue weighted by Gasteiger charge is -2.36. The Hall–Kier alpha value is -2.67. The molecule has 25 heavy (non-hydrogen) atoms. The Labute approximate surface area is 147 Å². The molecule has 1 aromatic carbocycles. The molecule has 7 nitrogen and oxygen atoms in total. The molecule has 1 atom stereocenters. The number of rotatable bonds is 4. The van der Waals surface area contributed by atoms with Crippen molar-refractivity contribution in [2.24, 2.45) is 12.8 Å². The average Bonchev–Trinajstić information content (AvgIpc) is 3.06. The summed E-state index contributed by atoms with van der Waals surface area (Å²) in [5, 5.41) is 0. The second-order valence-corrected chi connectivity index (χ2v) is 6.29. The third-order valence-electron chi connectivity index (χ3n) is 4.56. The van der Waals surface area contributed by atoms with E-state index in [1.807, 2.05) is 41.9 Å². The minimum Gasteiger partial charge on any atom is -0.338 e. The molecule has 7 heteroatoms. The van der Waals surface area contributed by atoms with E-state index in [2.05, 4.69) is 4.98 Å². The van der Waals surface area contributed by atoms with Gasteiger partial charge in [-0.1, -0.05) is 18.2 Å². The first-order chi connectivity index (χ1) is 12.1. The van der Waals surface area contributed by atoms with Crippen LogP contribution in [0.5, 0.6) is 0 Å². The van der Waals surface area contributed by atoms with E-state index in [4.69, 9.17) is 5.73 Å². The maximum Gasteiger partial charge on any atom is 0.253 e. The van der Waals surface area contributed by atoms with Crippen LogP contribution < -0.4 is 5.73 Å². The van der Waals surface area contributed by atoms with Crippen LogP contribution in [0.2, 0.25) is 0 Å². The molecule has 2 aromatic rings. The van der Waals surface area contributed by atoms with Gasteiger partial charge >= 0.3 is 0 Å². The van der Waals surface area contributed by atoms with Gasteiger partial charge in [-0.2, -0.15) is 0 Å².